The fourth-order valence-corrected chi connectivity index (χ4v) is 4.70. The van der Waals surface area contributed by atoms with E-state index in [2.05, 4.69) is 29.0 Å². The first kappa shape index (κ1) is 18.4. The summed E-state index contributed by atoms with van der Waals surface area (Å²) in [5, 5.41) is 5.18. The molecule has 2 aromatic heterocycles. The monoisotopic (exact) mass is 386 g/mol. The molecule has 6 nitrogen and oxygen atoms in total. The summed E-state index contributed by atoms with van der Waals surface area (Å²) in [5.74, 6) is 0.844. The summed E-state index contributed by atoms with van der Waals surface area (Å²) in [6, 6.07) is 3.99. The Hall–Kier alpha value is -1.99. The quantitative estimate of drug-likeness (QED) is 0.875. The van der Waals surface area contributed by atoms with Gasteiger partial charge in [-0.1, -0.05) is 6.07 Å². The van der Waals surface area contributed by atoms with Gasteiger partial charge in [-0.15, -0.1) is 11.3 Å². The fourth-order valence-electron chi connectivity index (χ4n) is 4.00. The average molecular weight is 387 g/mol. The van der Waals surface area contributed by atoms with Crippen molar-refractivity contribution in [2.45, 2.75) is 57.8 Å². The van der Waals surface area contributed by atoms with Crippen molar-refractivity contribution < 1.29 is 9.53 Å². The molecule has 3 atom stereocenters. The zero-order valence-corrected chi connectivity index (χ0v) is 16.7. The normalized spacial score (nSPS) is 25.1. The molecule has 1 amide bonds. The van der Waals surface area contributed by atoms with Crippen molar-refractivity contribution in [2.24, 2.45) is 0 Å². The summed E-state index contributed by atoms with van der Waals surface area (Å²) in [6.07, 6.45) is 5.62. The number of rotatable bonds is 4. The van der Waals surface area contributed by atoms with E-state index in [4.69, 9.17) is 9.72 Å². The van der Waals surface area contributed by atoms with Gasteiger partial charge >= 0.3 is 0 Å². The van der Waals surface area contributed by atoms with E-state index >= 15 is 0 Å². The zero-order valence-electron chi connectivity index (χ0n) is 15.9. The molecule has 1 aliphatic heterocycles. The maximum Gasteiger partial charge on any atom is 0.225 e. The van der Waals surface area contributed by atoms with Gasteiger partial charge in [0.2, 0.25) is 11.9 Å². The number of amides is 1. The van der Waals surface area contributed by atoms with Gasteiger partial charge in [0.15, 0.2) is 0 Å². The molecule has 4 rings (SSSR count). The summed E-state index contributed by atoms with van der Waals surface area (Å²) < 4.78 is 5.81. The first-order valence-corrected chi connectivity index (χ1v) is 10.5. The number of aromatic nitrogens is 2. The largest absolute Gasteiger partial charge is 0.372 e. The molecule has 1 saturated heterocycles. The SMILES string of the molecule is C[C@@H]1CN(c2ncc3c(n2)CCC[C@H]3NC(=O)Cc2cccs2)C[C@H](C)O1. The number of hydrogen-bond acceptors (Lipinski definition) is 6. The van der Waals surface area contributed by atoms with Crippen molar-refractivity contribution >= 4 is 23.2 Å². The molecule has 1 fully saturated rings. The molecule has 2 aliphatic rings. The van der Waals surface area contributed by atoms with E-state index in [0.717, 1.165) is 54.4 Å². The molecule has 27 heavy (non-hydrogen) atoms. The van der Waals surface area contributed by atoms with Crippen molar-refractivity contribution in [3.63, 3.8) is 0 Å². The Kier molecular flexibility index (Phi) is 5.41. The third-order valence-electron chi connectivity index (χ3n) is 5.12. The smallest absolute Gasteiger partial charge is 0.225 e. The topological polar surface area (TPSA) is 67.4 Å². The van der Waals surface area contributed by atoms with Crippen molar-refractivity contribution in [3.05, 3.63) is 39.8 Å². The Morgan fingerprint density at radius 1 is 1.37 bits per heavy atom. The van der Waals surface area contributed by atoms with E-state index < -0.39 is 0 Å². The molecule has 0 bridgehead atoms. The summed E-state index contributed by atoms with van der Waals surface area (Å²) >= 11 is 1.62. The second-order valence-corrected chi connectivity index (χ2v) is 8.54. The van der Waals surface area contributed by atoms with Crippen LogP contribution in [0.2, 0.25) is 0 Å². The van der Waals surface area contributed by atoms with Crippen LogP contribution in [0.25, 0.3) is 0 Å². The van der Waals surface area contributed by atoms with Gasteiger partial charge in [0.25, 0.3) is 0 Å². The molecular formula is C20H26N4O2S. The Balaban J connectivity index is 1.47. The lowest BCUT2D eigenvalue weighted by Crippen LogP contribution is -2.46. The fraction of sp³-hybridized carbons (Fsp3) is 0.550. The average Bonchev–Trinajstić information content (AvgIpc) is 3.13. The number of nitrogens with zero attached hydrogens (tertiary/aromatic N) is 3. The lowest BCUT2D eigenvalue weighted by Gasteiger charge is -2.36. The summed E-state index contributed by atoms with van der Waals surface area (Å²) in [4.78, 5) is 25.2. The number of morpholine rings is 1. The highest BCUT2D eigenvalue weighted by Gasteiger charge is 2.27. The summed E-state index contributed by atoms with van der Waals surface area (Å²) in [5.41, 5.74) is 2.14. The van der Waals surface area contributed by atoms with Crippen LogP contribution >= 0.6 is 11.3 Å². The minimum absolute atomic E-state index is 0.0119. The number of carbonyl (C=O) groups is 1. The second kappa shape index (κ2) is 7.94. The number of nitrogens with one attached hydrogen (secondary N) is 1. The van der Waals surface area contributed by atoms with Gasteiger partial charge in [0, 0.05) is 29.7 Å². The lowest BCUT2D eigenvalue weighted by molar-refractivity contribution is -0.121. The molecule has 0 radical (unpaired) electrons. The van der Waals surface area contributed by atoms with E-state index in [9.17, 15) is 4.79 Å². The van der Waals surface area contributed by atoms with E-state index in [0.29, 0.717) is 6.42 Å². The first-order chi connectivity index (χ1) is 13.1. The number of aryl methyl sites for hydroxylation is 1. The maximum atomic E-state index is 12.4. The van der Waals surface area contributed by atoms with Gasteiger partial charge in [-0.3, -0.25) is 4.79 Å². The first-order valence-electron chi connectivity index (χ1n) is 9.66. The van der Waals surface area contributed by atoms with Gasteiger partial charge in [0.05, 0.1) is 30.4 Å². The van der Waals surface area contributed by atoms with Crippen LogP contribution in [-0.2, 0) is 22.4 Å². The van der Waals surface area contributed by atoms with Gasteiger partial charge in [-0.25, -0.2) is 9.97 Å². The number of fused-ring (bicyclic) bond motifs is 1. The van der Waals surface area contributed by atoms with Crippen LogP contribution in [0.1, 0.15) is 48.9 Å². The zero-order chi connectivity index (χ0) is 18.8. The predicted octanol–water partition coefficient (Wildman–Crippen LogP) is 2.89. The summed E-state index contributed by atoms with van der Waals surface area (Å²) in [7, 11) is 0. The van der Waals surface area contributed by atoms with Crippen LogP contribution in [0.3, 0.4) is 0 Å². The van der Waals surface area contributed by atoms with Crippen LogP contribution in [0, 0.1) is 0 Å². The molecule has 0 spiro atoms. The number of carbonyl (C=O) groups excluding carboxylic acids is 1. The van der Waals surface area contributed by atoms with Crippen LogP contribution in [0.15, 0.2) is 23.7 Å². The Bertz CT molecular complexity index is 785. The molecule has 1 N–H and O–H groups in total. The van der Waals surface area contributed by atoms with Gasteiger partial charge in [-0.2, -0.15) is 0 Å². The predicted molar refractivity (Wildman–Crippen MR) is 106 cm³/mol. The van der Waals surface area contributed by atoms with Crippen LogP contribution in [0.5, 0.6) is 0 Å². The number of hydrogen-bond donors (Lipinski definition) is 1. The molecule has 1 aliphatic carbocycles. The van der Waals surface area contributed by atoms with Crippen LogP contribution in [0.4, 0.5) is 5.95 Å². The molecule has 3 heterocycles. The highest BCUT2D eigenvalue weighted by molar-refractivity contribution is 7.10. The third kappa shape index (κ3) is 4.30. The maximum absolute atomic E-state index is 12.4. The third-order valence-corrected chi connectivity index (χ3v) is 6.00. The van der Waals surface area contributed by atoms with Crippen LogP contribution in [-0.4, -0.2) is 41.2 Å². The van der Waals surface area contributed by atoms with Gasteiger partial charge in [-0.05, 0) is 44.6 Å². The molecule has 0 unspecified atom stereocenters. The van der Waals surface area contributed by atoms with E-state index in [-0.39, 0.29) is 24.2 Å². The van der Waals surface area contributed by atoms with Crippen molar-refractivity contribution in [1.29, 1.82) is 0 Å². The Labute approximate surface area is 164 Å². The standard InChI is InChI=1S/C20H26N4O2S/c1-13-11-24(12-14(2)26-13)20-21-10-16-17(6-3-7-18(16)23-20)22-19(25)9-15-5-4-8-27-15/h4-5,8,10,13-14,17H,3,6-7,9,11-12H2,1-2H3,(H,22,25)/t13-,14+,17-/m1/s1. The molecule has 7 heteroatoms. The molecular weight excluding hydrogens is 360 g/mol. The highest BCUT2D eigenvalue weighted by Crippen LogP contribution is 2.30. The number of anilines is 1. The lowest BCUT2D eigenvalue weighted by atomic mass is 9.92. The van der Waals surface area contributed by atoms with Crippen molar-refractivity contribution in [1.82, 2.24) is 15.3 Å². The van der Waals surface area contributed by atoms with Crippen LogP contribution < -0.4 is 10.2 Å². The number of thiophene rings is 1. The van der Waals surface area contributed by atoms with E-state index in [1.54, 1.807) is 11.3 Å². The minimum Gasteiger partial charge on any atom is -0.372 e. The highest BCUT2D eigenvalue weighted by atomic mass is 32.1. The van der Waals surface area contributed by atoms with Gasteiger partial charge < -0.3 is 15.0 Å². The van der Waals surface area contributed by atoms with Crippen molar-refractivity contribution in [2.75, 3.05) is 18.0 Å². The molecule has 2 aromatic rings. The summed E-state index contributed by atoms with van der Waals surface area (Å²) in [6.45, 7) is 5.79. The van der Waals surface area contributed by atoms with E-state index in [1.807, 2.05) is 23.7 Å². The second-order valence-electron chi connectivity index (χ2n) is 7.50. The Morgan fingerprint density at radius 3 is 2.93 bits per heavy atom. The number of ether oxygens (including phenoxy) is 1. The van der Waals surface area contributed by atoms with Crippen molar-refractivity contribution in [3.8, 4) is 0 Å². The molecule has 0 aromatic carbocycles. The van der Waals surface area contributed by atoms with Gasteiger partial charge in [0.1, 0.15) is 0 Å². The molecule has 0 saturated carbocycles. The minimum atomic E-state index is 0.0119. The molecule has 144 valence electrons. The Morgan fingerprint density at radius 2 is 2.19 bits per heavy atom. The van der Waals surface area contributed by atoms with E-state index in [1.165, 1.54) is 0 Å².